The fourth-order valence-corrected chi connectivity index (χ4v) is 2.82. The van der Waals surface area contributed by atoms with Gasteiger partial charge in [-0.2, -0.15) is 0 Å². The molecular weight excluding hydrogens is 250 g/mol. The molecule has 0 aliphatic carbocycles. The smallest absolute Gasteiger partial charge is 0.327 e. The van der Waals surface area contributed by atoms with Crippen molar-refractivity contribution in [2.24, 2.45) is 0 Å². The molecule has 0 spiro atoms. The monoisotopic (exact) mass is 265 g/mol. The second-order valence-electron chi connectivity index (χ2n) is 3.73. The zero-order valence-electron chi connectivity index (χ0n) is 9.57. The van der Waals surface area contributed by atoms with Crippen molar-refractivity contribution in [3.05, 3.63) is 0 Å². The predicted octanol–water partition coefficient (Wildman–Crippen LogP) is 1.28. The van der Waals surface area contributed by atoms with E-state index in [1.165, 1.54) is 13.8 Å². The fraction of sp³-hybridized carbons (Fsp3) is 0.667. The number of aliphatic carboxylic acids is 1. The first kappa shape index (κ1) is 15.3. The number of amides is 1. The van der Waals surface area contributed by atoms with Crippen LogP contribution in [0.4, 0.5) is 0 Å². The lowest BCUT2D eigenvalue weighted by Crippen LogP contribution is -2.51. The Labute approximate surface area is 102 Å². The Balaban J connectivity index is 4.67. The number of rotatable bonds is 5. The van der Waals surface area contributed by atoms with Crippen LogP contribution in [0.3, 0.4) is 0 Å². The lowest BCUT2D eigenvalue weighted by Gasteiger charge is -2.29. The molecule has 0 saturated heterocycles. The highest BCUT2D eigenvalue weighted by Gasteiger charge is 2.37. The van der Waals surface area contributed by atoms with E-state index in [1.54, 1.807) is 13.8 Å². The van der Waals surface area contributed by atoms with Crippen molar-refractivity contribution >= 4 is 38.6 Å². The minimum absolute atomic E-state index is 0.106. The molecule has 0 aromatic rings. The van der Waals surface area contributed by atoms with E-state index in [0.29, 0.717) is 0 Å². The predicted molar refractivity (Wildman–Crippen MR) is 65.2 cm³/mol. The van der Waals surface area contributed by atoms with Gasteiger partial charge in [0.1, 0.15) is 6.04 Å². The first-order valence-corrected chi connectivity index (χ1v) is 6.68. The van der Waals surface area contributed by atoms with Crippen molar-refractivity contribution in [1.82, 2.24) is 5.32 Å². The van der Waals surface area contributed by atoms with Gasteiger partial charge in [-0.3, -0.25) is 9.59 Å². The van der Waals surface area contributed by atoms with Crippen LogP contribution in [0, 0.1) is 0 Å². The fourth-order valence-electron chi connectivity index (χ4n) is 0.950. The molecule has 0 aromatic carbocycles. The SMILES string of the molecule is CC(=O)N[C@H](C(=O)O)C(C)(C)SSC(C)=O. The Bertz CT molecular complexity index is 304. The number of carboxylic acid groups (broad SMARTS) is 1. The molecule has 5 nitrogen and oxygen atoms in total. The summed E-state index contributed by atoms with van der Waals surface area (Å²) in [6.07, 6.45) is 0. The summed E-state index contributed by atoms with van der Waals surface area (Å²) >= 11 is 0. The van der Waals surface area contributed by atoms with Crippen LogP contribution < -0.4 is 5.32 Å². The van der Waals surface area contributed by atoms with Crippen LogP contribution in [0.5, 0.6) is 0 Å². The first-order valence-electron chi connectivity index (χ1n) is 4.53. The van der Waals surface area contributed by atoms with Crippen molar-refractivity contribution in [3.63, 3.8) is 0 Å². The van der Waals surface area contributed by atoms with E-state index in [1.807, 2.05) is 0 Å². The molecule has 0 bridgehead atoms. The van der Waals surface area contributed by atoms with Crippen LogP contribution in [-0.4, -0.2) is 32.9 Å². The summed E-state index contributed by atoms with van der Waals surface area (Å²) in [5.41, 5.74) is 0. The van der Waals surface area contributed by atoms with Gasteiger partial charge in [-0.1, -0.05) is 10.8 Å². The van der Waals surface area contributed by atoms with Gasteiger partial charge in [0, 0.05) is 13.8 Å². The standard InChI is InChI=1S/C9H15NO4S2/c1-5(11)10-7(8(13)14)9(3,4)16-15-6(2)12/h7H,1-4H3,(H,10,11)(H,13,14)/t7-/m1/s1. The second-order valence-corrected chi connectivity index (χ2v) is 6.69. The molecule has 0 heterocycles. The largest absolute Gasteiger partial charge is 0.480 e. The molecule has 0 aliphatic rings. The topological polar surface area (TPSA) is 83.5 Å². The third-order valence-corrected chi connectivity index (χ3v) is 4.89. The normalized spacial score (nSPS) is 13.0. The number of carbonyl (C=O) groups excluding carboxylic acids is 2. The van der Waals surface area contributed by atoms with Crippen LogP contribution in [-0.2, 0) is 14.4 Å². The average Bonchev–Trinajstić information content (AvgIpc) is 2.10. The van der Waals surface area contributed by atoms with Gasteiger partial charge in [0.25, 0.3) is 0 Å². The molecular formula is C9H15NO4S2. The molecule has 0 radical (unpaired) electrons. The molecule has 0 aromatic heterocycles. The second kappa shape index (κ2) is 6.15. The van der Waals surface area contributed by atoms with Crippen LogP contribution in [0.15, 0.2) is 0 Å². The maximum absolute atomic E-state index is 11.0. The van der Waals surface area contributed by atoms with Gasteiger partial charge in [0.15, 0.2) is 5.12 Å². The summed E-state index contributed by atoms with van der Waals surface area (Å²) in [4.78, 5) is 32.7. The highest BCUT2D eigenvalue weighted by atomic mass is 33.1. The van der Waals surface area contributed by atoms with E-state index in [9.17, 15) is 14.4 Å². The Kier molecular flexibility index (Phi) is 5.88. The van der Waals surface area contributed by atoms with E-state index >= 15 is 0 Å². The number of carbonyl (C=O) groups is 3. The van der Waals surface area contributed by atoms with E-state index in [4.69, 9.17) is 5.11 Å². The summed E-state index contributed by atoms with van der Waals surface area (Å²) < 4.78 is -0.770. The summed E-state index contributed by atoms with van der Waals surface area (Å²) in [5.74, 6) is -1.52. The Hall–Kier alpha value is -0.690. The van der Waals surface area contributed by atoms with Gasteiger partial charge in [-0.05, 0) is 24.6 Å². The molecule has 1 atom stereocenters. The Morgan fingerprint density at radius 3 is 2.06 bits per heavy atom. The van der Waals surface area contributed by atoms with Gasteiger partial charge >= 0.3 is 5.97 Å². The molecule has 2 N–H and O–H groups in total. The zero-order valence-corrected chi connectivity index (χ0v) is 11.2. The van der Waals surface area contributed by atoms with E-state index in [-0.39, 0.29) is 5.12 Å². The van der Waals surface area contributed by atoms with Crippen molar-refractivity contribution < 1.29 is 19.5 Å². The summed E-state index contributed by atoms with van der Waals surface area (Å²) in [6.45, 7) is 6.00. The number of hydrogen-bond donors (Lipinski definition) is 2. The maximum atomic E-state index is 11.0. The van der Waals surface area contributed by atoms with Crippen molar-refractivity contribution in [3.8, 4) is 0 Å². The Morgan fingerprint density at radius 1 is 1.25 bits per heavy atom. The quantitative estimate of drug-likeness (QED) is 0.729. The van der Waals surface area contributed by atoms with Gasteiger partial charge in [-0.25, -0.2) is 4.79 Å². The molecule has 7 heteroatoms. The van der Waals surface area contributed by atoms with Gasteiger partial charge in [0.05, 0.1) is 4.75 Å². The summed E-state index contributed by atoms with van der Waals surface area (Å²) in [5, 5.41) is 11.3. The number of hydrogen-bond acceptors (Lipinski definition) is 5. The van der Waals surface area contributed by atoms with Gasteiger partial charge < -0.3 is 10.4 Å². The van der Waals surface area contributed by atoms with Gasteiger partial charge in [0.2, 0.25) is 5.91 Å². The lowest BCUT2D eigenvalue weighted by atomic mass is 10.0. The molecule has 0 rings (SSSR count). The molecule has 0 fully saturated rings. The van der Waals surface area contributed by atoms with Crippen LogP contribution in [0.2, 0.25) is 0 Å². The minimum atomic E-state index is -1.11. The summed E-state index contributed by atoms with van der Waals surface area (Å²) in [7, 11) is 2.11. The molecule has 0 saturated carbocycles. The van der Waals surface area contributed by atoms with E-state index in [2.05, 4.69) is 5.32 Å². The molecule has 0 aliphatic heterocycles. The lowest BCUT2D eigenvalue weighted by molar-refractivity contribution is -0.142. The number of nitrogens with one attached hydrogen (secondary N) is 1. The third-order valence-electron chi connectivity index (χ3n) is 1.66. The molecule has 16 heavy (non-hydrogen) atoms. The Morgan fingerprint density at radius 2 is 1.75 bits per heavy atom. The van der Waals surface area contributed by atoms with Crippen LogP contribution in [0.25, 0.3) is 0 Å². The minimum Gasteiger partial charge on any atom is -0.480 e. The maximum Gasteiger partial charge on any atom is 0.327 e. The number of carboxylic acids is 1. The van der Waals surface area contributed by atoms with Crippen molar-refractivity contribution in [1.29, 1.82) is 0 Å². The molecule has 92 valence electrons. The van der Waals surface area contributed by atoms with Crippen LogP contribution in [0.1, 0.15) is 27.7 Å². The third kappa shape index (κ3) is 5.41. The molecule has 0 unspecified atom stereocenters. The van der Waals surface area contributed by atoms with Crippen molar-refractivity contribution in [2.45, 2.75) is 38.5 Å². The molecule has 1 amide bonds. The van der Waals surface area contributed by atoms with Gasteiger partial charge in [-0.15, -0.1) is 0 Å². The highest BCUT2D eigenvalue weighted by molar-refractivity contribution is 8.82. The van der Waals surface area contributed by atoms with Crippen LogP contribution >= 0.6 is 21.6 Å². The van der Waals surface area contributed by atoms with E-state index < -0.39 is 22.7 Å². The highest BCUT2D eigenvalue weighted by Crippen LogP contribution is 2.38. The van der Waals surface area contributed by atoms with Crippen molar-refractivity contribution in [2.75, 3.05) is 0 Å². The summed E-state index contributed by atoms with van der Waals surface area (Å²) in [6, 6.07) is -1.03. The van der Waals surface area contributed by atoms with E-state index in [0.717, 1.165) is 21.6 Å². The zero-order chi connectivity index (χ0) is 12.9. The average molecular weight is 265 g/mol. The first-order chi connectivity index (χ1) is 7.16.